The molecule has 0 spiro atoms. The van der Waals surface area contributed by atoms with Crippen LogP contribution in [0, 0.1) is 20.8 Å². The Bertz CT molecular complexity index is 1380. The minimum Gasteiger partial charge on any atom is -0.496 e. The molecule has 2 aliphatic heterocycles. The van der Waals surface area contributed by atoms with Gasteiger partial charge in [0.25, 0.3) is 0 Å². The van der Waals surface area contributed by atoms with E-state index in [1.165, 1.54) is 0 Å². The van der Waals surface area contributed by atoms with Gasteiger partial charge in [-0.2, -0.15) is 0 Å². The van der Waals surface area contributed by atoms with Gasteiger partial charge in [0.15, 0.2) is 0 Å². The summed E-state index contributed by atoms with van der Waals surface area (Å²) >= 11 is 6.45. The number of amides is 1. The number of carbonyl (C=O) groups excluding carboxylic acids is 1. The van der Waals surface area contributed by atoms with E-state index in [4.69, 9.17) is 21.3 Å². The fourth-order valence-corrected chi connectivity index (χ4v) is 5.84. The van der Waals surface area contributed by atoms with Gasteiger partial charge in [-0.3, -0.25) is 4.79 Å². The topological polar surface area (TPSA) is 57.2 Å². The summed E-state index contributed by atoms with van der Waals surface area (Å²) in [6.45, 7) is 7.79. The van der Waals surface area contributed by atoms with Gasteiger partial charge in [0, 0.05) is 35.9 Å². The molecule has 0 saturated carbocycles. The number of aliphatic imine (C=N–C) groups is 1. The fraction of sp³-hybridized carbons (Fsp3) is 0.355. The monoisotopic (exact) mass is 530 g/mol. The molecule has 2 atom stereocenters. The standard InChI is InChI=1S/C31H35ClN4O2/c1-19-11-23(32)15-25(12-19)36-18-34-28-13-21(3)26(22-9-8-20(2)29(14-22)38-5)16-27(28)30(36)31(37)35(4)17-24-7-6-10-33-24/h8-9,11-16,18,24,30,33H,6-7,10,17H2,1-5H3/t24-,30?/m0/s1. The van der Waals surface area contributed by atoms with E-state index in [-0.39, 0.29) is 5.91 Å². The zero-order valence-electron chi connectivity index (χ0n) is 22.7. The Morgan fingerprint density at radius 3 is 2.66 bits per heavy atom. The highest BCUT2D eigenvalue weighted by molar-refractivity contribution is 6.31. The molecule has 3 aromatic rings. The Morgan fingerprint density at radius 2 is 1.95 bits per heavy atom. The zero-order valence-corrected chi connectivity index (χ0v) is 23.5. The predicted octanol–water partition coefficient (Wildman–Crippen LogP) is 6.37. The molecule has 1 fully saturated rings. The van der Waals surface area contributed by atoms with Gasteiger partial charge in [-0.05, 0) is 104 Å². The van der Waals surface area contributed by atoms with Crippen LogP contribution in [-0.2, 0) is 4.79 Å². The highest BCUT2D eigenvalue weighted by Gasteiger charge is 2.35. The molecule has 0 radical (unpaired) electrons. The van der Waals surface area contributed by atoms with E-state index in [1.807, 2.05) is 48.9 Å². The second-order valence-electron chi connectivity index (χ2n) is 10.5. The second kappa shape index (κ2) is 10.8. The molecule has 2 aliphatic rings. The van der Waals surface area contributed by atoms with E-state index in [0.717, 1.165) is 69.9 Å². The number of halogens is 1. The first-order chi connectivity index (χ1) is 18.2. The Balaban J connectivity index is 1.62. The zero-order chi connectivity index (χ0) is 27.0. The van der Waals surface area contributed by atoms with E-state index in [2.05, 4.69) is 42.6 Å². The van der Waals surface area contributed by atoms with E-state index in [0.29, 0.717) is 17.6 Å². The van der Waals surface area contributed by atoms with E-state index in [1.54, 1.807) is 13.4 Å². The third-order valence-electron chi connectivity index (χ3n) is 7.58. The van der Waals surface area contributed by atoms with Crippen LogP contribution in [0.25, 0.3) is 11.1 Å². The largest absolute Gasteiger partial charge is 0.496 e. The average molecular weight is 531 g/mol. The predicted molar refractivity (Wildman–Crippen MR) is 156 cm³/mol. The molecule has 1 saturated heterocycles. The van der Waals surface area contributed by atoms with Crippen LogP contribution in [0.1, 0.15) is 41.1 Å². The summed E-state index contributed by atoms with van der Waals surface area (Å²) in [4.78, 5) is 22.8. The molecule has 38 heavy (non-hydrogen) atoms. The molecule has 1 N–H and O–H groups in total. The van der Waals surface area contributed by atoms with Crippen LogP contribution < -0.4 is 15.0 Å². The second-order valence-corrected chi connectivity index (χ2v) is 10.9. The molecule has 1 amide bonds. The van der Waals surface area contributed by atoms with Crippen molar-refractivity contribution in [1.29, 1.82) is 0 Å². The third-order valence-corrected chi connectivity index (χ3v) is 7.80. The number of anilines is 1. The molecule has 3 aromatic carbocycles. The number of nitrogens with zero attached hydrogens (tertiary/aromatic N) is 3. The van der Waals surface area contributed by atoms with E-state index in [9.17, 15) is 4.79 Å². The normalized spacial score (nSPS) is 18.4. The quantitative estimate of drug-likeness (QED) is 0.402. The Labute approximate surface area is 230 Å². The van der Waals surface area contributed by atoms with E-state index < -0.39 is 6.04 Å². The Morgan fingerprint density at radius 1 is 1.13 bits per heavy atom. The fourth-order valence-electron chi connectivity index (χ4n) is 5.56. The van der Waals surface area contributed by atoms with Crippen molar-refractivity contribution in [3.05, 3.63) is 75.8 Å². The molecular formula is C31H35ClN4O2. The van der Waals surface area contributed by atoms with Crippen LogP contribution >= 0.6 is 11.6 Å². The van der Waals surface area contributed by atoms with Crippen molar-refractivity contribution < 1.29 is 9.53 Å². The van der Waals surface area contributed by atoms with Gasteiger partial charge in [0.05, 0.1) is 19.1 Å². The van der Waals surface area contributed by atoms with Crippen molar-refractivity contribution in [3.8, 4) is 16.9 Å². The smallest absolute Gasteiger partial charge is 0.250 e. The van der Waals surface area contributed by atoms with Crippen LogP contribution in [0.2, 0.25) is 5.02 Å². The molecule has 198 valence electrons. The van der Waals surface area contributed by atoms with Crippen molar-refractivity contribution in [3.63, 3.8) is 0 Å². The van der Waals surface area contributed by atoms with Crippen LogP contribution in [0.4, 0.5) is 11.4 Å². The lowest BCUT2D eigenvalue weighted by Crippen LogP contribution is -2.46. The maximum atomic E-state index is 14.2. The summed E-state index contributed by atoms with van der Waals surface area (Å²) in [7, 11) is 3.59. The molecule has 6 nitrogen and oxygen atoms in total. The van der Waals surface area contributed by atoms with Crippen molar-refractivity contribution in [1.82, 2.24) is 10.2 Å². The Kier molecular flexibility index (Phi) is 7.46. The van der Waals surface area contributed by atoms with Crippen LogP contribution in [0.3, 0.4) is 0 Å². The number of likely N-dealkylation sites (N-methyl/N-ethyl adjacent to an activating group) is 1. The van der Waals surface area contributed by atoms with Gasteiger partial charge in [0.1, 0.15) is 11.8 Å². The minimum absolute atomic E-state index is 0.0278. The summed E-state index contributed by atoms with van der Waals surface area (Å²) in [5, 5.41) is 4.14. The number of rotatable bonds is 6. The van der Waals surface area contributed by atoms with Gasteiger partial charge in [-0.25, -0.2) is 4.99 Å². The van der Waals surface area contributed by atoms with Crippen molar-refractivity contribution in [2.75, 3.05) is 32.1 Å². The molecule has 0 aromatic heterocycles. The number of nitrogens with one attached hydrogen (secondary N) is 1. The Hall–Kier alpha value is -3.35. The van der Waals surface area contributed by atoms with Crippen LogP contribution in [0.5, 0.6) is 5.75 Å². The summed E-state index contributed by atoms with van der Waals surface area (Å²) in [5.74, 6) is 0.866. The van der Waals surface area contributed by atoms with Crippen molar-refractivity contribution >= 4 is 35.2 Å². The first kappa shape index (κ1) is 26.3. The number of methoxy groups -OCH3 is 1. The van der Waals surface area contributed by atoms with Gasteiger partial charge in [0.2, 0.25) is 5.91 Å². The number of carbonyl (C=O) groups is 1. The summed E-state index contributed by atoms with van der Waals surface area (Å²) in [6, 6.07) is 16.0. The van der Waals surface area contributed by atoms with Gasteiger partial charge in [-0.1, -0.05) is 23.7 Å². The SMILES string of the molecule is COc1cc(-c2cc3c(cc2C)N=CN(c2cc(C)cc(Cl)c2)C3C(=O)N(C)C[C@@H]2CCCN2)ccc1C. The first-order valence-corrected chi connectivity index (χ1v) is 13.5. The molecule has 7 heteroatoms. The molecule has 0 aliphatic carbocycles. The van der Waals surface area contributed by atoms with Crippen molar-refractivity contribution in [2.45, 2.75) is 45.7 Å². The lowest BCUT2D eigenvalue weighted by molar-refractivity contribution is -0.131. The first-order valence-electron chi connectivity index (χ1n) is 13.1. The van der Waals surface area contributed by atoms with E-state index >= 15 is 0 Å². The number of fused-ring (bicyclic) bond motifs is 1. The number of aryl methyl sites for hydroxylation is 3. The highest BCUT2D eigenvalue weighted by atomic mass is 35.5. The highest BCUT2D eigenvalue weighted by Crippen LogP contribution is 2.42. The lowest BCUT2D eigenvalue weighted by atomic mass is 9.91. The summed E-state index contributed by atoms with van der Waals surface area (Å²) < 4.78 is 5.60. The maximum absolute atomic E-state index is 14.2. The van der Waals surface area contributed by atoms with Gasteiger partial charge in [-0.15, -0.1) is 0 Å². The van der Waals surface area contributed by atoms with Crippen LogP contribution in [-0.4, -0.2) is 50.4 Å². The minimum atomic E-state index is -0.571. The molecule has 1 unspecified atom stereocenters. The molecule has 0 bridgehead atoms. The summed E-state index contributed by atoms with van der Waals surface area (Å²) in [6.07, 6.45) is 3.99. The number of hydrogen-bond acceptors (Lipinski definition) is 5. The lowest BCUT2D eigenvalue weighted by Gasteiger charge is -2.36. The third kappa shape index (κ3) is 5.16. The van der Waals surface area contributed by atoms with Crippen LogP contribution in [0.15, 0.2) is 53.5 Å². The number of benzene rings is 3. The van der Waals surface area contributed by atoms with Gasteiger partial charge < -0.3 is 19.9 Å². The summed E-state index contributed by atoms with van der Waals surface area (Å²) in [5.41, 5.74) is 7.82. The molecular weight excluding hydrogens is 496 g/mol. The maximum Gasteiger partial charge on any atom is 0.250 e. The van der Waals surface area contributed by atoms with Crippen molar-refractivity contribution in [2.24, 2.45) is 4.99 Å². The number of ether oxygens (including phenoxy) is 1. The average Bonchev–Trinajstić information content (AvgIpc) is 3.40. The molecule has 5 rings (SSSR count). The molecule has 2 heterocycles. The van der Waals surface area contributed by atoms with Gasteiger partial charge >= 0.3 is 0 Å². The number of hydrogen-bond donors (Lipinski definition) is 1.